The van der Waals surface area contributed by atoms with Gasteiger partial charge in [0.25, 0.3) is 0 Å². The molecule has 1 N–H and O–H groups in total. The second kappa shape index (κ2) is 4.01. The van der Waals surface area contributed by atoms with Crippen molar-refractivity contribution in [2.45, 2.75) is 25.3 Å². The van der Waals surface area contributed by atoms with E-state index in [0.29, 0.717) is 12.5 Å². The molecule has 14 heavy (non-hydrogen) atoms. The lowest BCUT2D eigenvalue weighted by Crippen LogP contribution is -2.27. The highest BCUT2D eigenvalue weighted by molar-refractivity contribution is 6.30. The van der Waals surface area contributed by atoms with E-state index in [4.69, 9.17) is 11.6 Å². The third-order valence-corrected chi connectivity index (χ3v) is 2.73. The molecule has 1 unspecified atom stereocenters. The summed E-state index contributed by atoms with van der Waals surface area (Å²) in [6, 6.07) is 8.09. The van der Waals surface area contributed by atoms with Crippen LogP contribution < -0.4 is 5.32 Å². The van der Waals surface area contributed by atoms with Crippen molar-refractivity contribution < 1.29 is 4.79 Å². The lowest BCUT2D eigenvalue weighted by atomic mass is 10.1. The average molecular weight is 210 g/mol. The Hall–Kier alpha value is -1.02. The van der Waals surface area contributed by atoms with E-state index in [2.05, 4.69) is 5.32 Å². The number of hydrogen-bond acceptors (Lipinski definition) is 1. The van der Waals surface area contributed by atoms with Gasteiger partial charge in [-0.05, 0) is 30.5 Å². The average Bonchev–Trinajstić information content (AvgIpc) is 2.56. The fraction of sp³-hybridized carbons (Fsp3) is 0.364. The van der Waals surface area contributed by atoms with Crippen LogP contribution in [0.2, 0.25) is 5.02 Å². The lowest BCUT2D eigenvalue weighted by molar-refractivity contribution is -0.119. The maximum absolute atomic E-state index is 11.0. The van der Waals surface area contributed by atoms with Gasteiger partial charge >= 0.3 is 0 Å². The first-order valence-electron chi connectivity index (χ1n) is 4.78. The number of carbonyl (C=O) groups excluding carboxylic acids is 1. The Morgan fingerprint density at radius 2 is 2.07 bits per heavy atom. The van der Waals surface area contributed by atoms with Crippen LogP contribution in [-0.2, 0) is 11.2 Å². The summed E-state index contributed by atoms with van der Waals surface area (Å²) < 4.78 is 0. The number of nitrogens with one attached hydrogen (secondary N) is 1. The molecule has 1 heterocycles. The molecule has 1 aromatic rings. The molecule has 0 radical (unpaired) electrons. The summed E-state index contributed by atoms with van der Waals surface area (Å²) in [5.41, 5.74) is 1.22. The molecule has 74 valence electrons. The van der Waals surface area contributed by atoms with Gasteiger partial charge in [-0.15, -0.1) is 0 Å². The highest BCUT2D eigenvalue weighted by Gasteiger charge is 2.20. The smallest absolute Gasteiger partial charge is 0.220 e. The Morgan fingerprint density at radius 1 is 1.36 bits per heavy atom. The summed E-state index contributed by atoms with van der Waals surface area (Å²) in [6.45, 7) is 0. The molecule has 2 nitrogen and oxygen atoms in total. The molecular weight excluding hydrogens is 198 g/mol. The second-order valence-electron chi connectivity index (χ2n) is 3.63. The van der Waals surface area contributed by atoms with Gasteiger partial charge in [0.2, 0.25) is 5.91 Å². The van der Waals surface area contributed by atoms with E-state index in [1.807, 2.05) is 24.3 Å². The van der Waals surface area contributed by atoms with Gasteiger partial charge in [-0.1, -0.05) is 23.7 Å². The lowest BCUT2D eigenvalue weighted by Gasteiger charge is -2.09. The monoisotopic (exact) mass is 209 g/mol. The van der Waals surface area contributed by atoms with Crippen LogP contribution in [0, 0.1) is 0 Å². The van der Waals surface area contributed by atoms with Crippen LogP contribution in [0.15, 0.2) is 24.3 Å². The fourth-order valence-electron chi connectivity index (χ4n) is 1.74. The second-order valence-corrected chi connectivity index (χ2v) is 4.07. The summed E-state index contributed by atoms with van der Waals surface area (Å²) >= 11 is 5.78. The molecule has 0 saturated carbocycles. The molecule has 0 aliphatic carbocycles. The molecule has 0 aromatic heterocycles. The van der Waals surface area contributed by atoms with E-state index in [0.717, 1.165) is 17.9 Å². The van der Waals surface area contributed by atoms with E-state index in [9.17, 15) is 4.79 Å². The van der Waals surface area contributed by atoms with Crippen LogP contribution in [0.1, 0.15) is 18.4 Å². The van der Waals surface area contributed by atoms with Gasteiger partial charge in [-0.2, -0.15) is 0 Å². The van der Waals surface area contributed by atoms with Crippen LogP contribution in [0.5, 0.6) is 0 Å². The minimum atomic E-state index is 0.170. The van der Waals surface area contributed by atoms with Crippen LogP contribution in [0.3, 0.4) is 0 Å². The van der Waals surface area contributed by atoms with Gasteiger partial charge in [0.15, 0.2) is 0 Å². The first kappa shape index (κ1) is 9.53. The summed E-state index contributed by atoms with van der Waals surface area (Å²) in [5.74, 6) is 0.170. The Balaban J connectivity index is 1.97. The third kappa shape index (κ3) is 2.26. The van der Waals surface area contributed by atoms with Gasteiger partial charge in [-0.25, -0.2) is 0 Å². The molecule has 0 bridgehead atoms. The molecule has 3 heteroatoms. The molecule has 2 rings (SSSR count). The molecule has 1 atom stereocenters. The Labute approximate surface area is 88.3 Å². The molecule has 1 aromatic carbocycles. The van der Waals surface area contributed by atoms with E-state index in [1.54, 1.807) is 0 Å². The summed E-state index contributed by atoms with van der Waals surface area (Å²) in [5, 5.41) is 3.70. The standard InChI is InChI=1S/C11H12ClNO/c12-9-3-1-8(2-4-9)7-10-5-6-11(14)13-10/h1-4,10H,5-7H2,(H,13,14). The number of carbonyl (C=O) groups is 1. The predicted molar refractivity (Wildman–Crippen MR) is 56.3 cm³/mol. The fourth-order valence-corrected chi connectivity index (χ4v) is 1.86. The molecule has 1 amide bonds. The number of amides is 1. The van der Waals surface area contributed by atoms with E-state index in [1.165, 1.54) is 5.56 Å². The van der Waals surface area contributed by atoms with Crippen molar-refractivity contribution in [3.63, 3.8) is 0 Å². The van der Waals surface area contributed by atoms with E-state index >= 15 is 0 Å². The van der Waals surface area contributed by atoms with Gasteiger partial charge < -0.3 is 5.32 Å². The van der Waals surface area contributed by atoms with Gasteiger partial charge in [0, 0.05) is 17.5 Å². The zero-order valence-corrected chi connectivity index (χ0v) is 8.55. The predicted octanol–water partition coefficient (Wildman–Crippen LogP) is 2.16. The molecule has 1 aliphatic heterocycles. The largest absolute Gasteiger partial charge is 0.353 e. The van der Waals surface area contributed by atoms with Gasteiger partial charge in [0.1, 0.15) is 0 Å². The quantitative estimate of drug-likeness (QED) is 0.795. The van der Waals surface area contributed by atoms with Crippen molar-refractivity contribution in [1.29, 1.82) is 0 Å². The van der Waals surface area contributed by atoms with E-state index < -0.39 is 0 Å². The normalized spacial score (nSPS) is 20.9. The van der Waals surface area contributed by atoms with Crippen molar-refractivity contribution in [3.8, 4) is 0 Å². The van der Waals surface area contributed by atoms with Gasteiger partial charge in [-0.3, -0.25) is 4.79 Å². The van der Waals surface area contributed by atoms with Crippen molar-refractivity contribution in [3.05, 3.63) is 34.9 Å². The third-order valence-electron chi connectivity index (χ3n) is 2.48. The first-order chi connectivity index (χ1) is 6.74. The highest BCUT2D eigenvalue weighted by Crippen LogP contribution is 2.15. The summed E-state index contributed by atoms with van der Waals surface area (Å²) in [4.78, 5) is 11.0. The van der Waals surface area contributed by atoms with Crippen LogP contribution in [-0.4, -0.2) is 11.9 Å². The van der Waals surface area contributed by atoms with Crippen molar-refractivity contribution in [1.82, 2.24) is 5.32 Å². The zero-order valence-electron chi connectivity index (χ0n) is 7.79. The highest BCUT2D eigenvalue weighted by atomic mass is 35.5. The number of benzene rings is 1. The topological polar surface area (TPSA) is 29.1 Å². The van der Waals surface area contributed by atoms with Gasteiger partial charge in [0.05, 0.1) is 0 Å². The molecule has 1 saturated heterocycles. The van der Waals surface area contributed by atoms with Crippen molar-refractivity contribution in [2.75, 3.05) is 0 Å². The zero-order chi connectivity index (χ0) is 9.97. The number of halogens is 1. The van der Waals surface area contributed by atoms with Crippen molar-refractivity contribution >= 4 is 17.5 Å². The molecular formula is C11H12ClNO. The van der Waals surface area contributed by atoms with Crippen LogP contribution >= 0.6 is 11.6 Å². The summed E-state index contributed by atoms with van der Waals surface area (Å²) in [6.07, 6.45) is 2.52. The molecule has 1 aliphatic rings. The maximum Gasteiger partial charge on any atom is 0.220 e. The number of hydrogen-bond donors (Lipinski definition) is 1. The SMILES string of the molecule is O=C1CCC(Cc2ccc(Cl)cc2)N1. The Morgan fingerprint density at radius 3 is 2.64 bits per heavy atom. The van der Waals surface area contributed by atoms with E-state index in [-0.39, 0.29) is 5.91 Å². The summed E-state index contributed by atoms with van der Waals surface area (Å²) in [7, 11) is 0. The first-order valence-corrected chi connectivity index (χ1v) is 5.15. The van der Waals surface area contributed by atoms with Crippen LogP contribution in [0.4, 0.5) is 0 Å². The Bertz CT molecular complexity index is 334. The minimum absolute atomic E-state index is 0.170. The minimum Gasteiger partial charge on any atom is -0.353 e. The number of rotatable bonds is 2. The molecule has 1 fully saturated rings. The molecule has 0 spiro atoms. The van der Waals surface area contributed by atoms with Crippen LogP contribution in [0.25, 0.3) is 0 Å². The van der Waals surface area contributed by atoms with Crippen molar-refractivity contribution in [2.24, 2.45) is 0 Å². The maximum atomic E-state index is 11.0. The Kier molecular flexibility index (Phi) is 2.73.